The smallest absolute Gasteiger partial charge is 0.131 e. The van der Waals surface area contributed by atoms with Crippen LogP contribution in [0.25, 0.3) is 0 Å². The monoisotopic (exact) mass is 182 g/mol. The molecule has 1 heterocycles. The van der Waals surface area contributed by atoms with Gasteiger partial charge in [0.25, 0.3) is 0 Å². The molecule has 1 aromatic heterocycles. The van der Waals surface area contributed by atoms with Crippen LogP contribution in [0.1, 0.15) is 0 Å². The molecule has 1 radical (unpaired) electrons. The second kappa shape index (κ2) is 1.73. The Balaban J connectivity index is 0.000000160. The van der Waals surface area contributed by atoms with Crippen molar-refractivity contribution in [1.29, 1.82) is 0 Å². The zero-order chi connectivity index (χ0) is 2.99. The average molecular weight is 182 g/mol. The van der Waals surface area contributed by atoms with Crippen molar-refractivity contribution >= 4 is 11.6 Å². The topological polar surface area (TPSA) is 26.3 Å². The zero-order valence-corrected chi connectivity index (χ0v) is 4.42. The van der Waals surface area contributed by atoms with E-state index >= 15 is 0 Å². The molecule has 0 amide bonds. The molecule has 0 aliphatic rings. The van der Waals surface area contributed by atoms with Gasteiger partial charge in [-0.15, -0.1) is 0 Å². The maximum Gasteiger partial charge on any atom is 0.131 e. The number of rotatable bonds is 0. The Bertz CT molecular complexity index is 68.2. The van der Waals surface area contributed by atoms with Crippen molar-refractivity contribution in [2.75, 3.05) is 0 Å². The van der Waals surface area contributed by atoms with Crippen LogP contribution >= 0.6 is 11.6 Å². The van der Waals surface area contributed by atoms with Crippen LogP contribution in [-0.4, -0.2) is 0 Å². The van der Waals surface area contributed by atoms with Crippen LogP contribution in [0.5, 0.6) is 0 Å². The van der Waals surface area contributed by atoms with Gasteiger partial charge in [-0.3, -0.25) is 0 Å². The maximum atomic E-state index is 4.86. The van der Waals surface area contributed by atoms with E-state index in [1.165, 1.54) is 0 Å². The molecule has 0 aliphatic carbocycles. The van der Waals surface area contributed by atoms with E-state index < -0.39 is 0 Å². The first-order valence-corrected chi connectivity index (χ1v) is 1.14. The van der Waals surface area contributed by atoms with Gasteiger partial charge >= 0.3 is 0 Å². The molecule has 2 nitrogen and oxygen atoms in total. The molecule has 0 aliphatic heterocycles. The van der Waals surface area contributed by atoms with Crippen LogP contribution in [0, 0.1) is 0 Å². The van der Waals surface area contributed by atoms with Gasteiger partial charge in [-0.2, -0.15) is 0 Å². The van der Waals surface area contributed by atoms with Crippen LogP contribution < -0.4 is 0 Å². The van der Waals surface area contributed by atoms with Crippen molar-refractivity contribution < 1.29 is 28.6 Å². The van der Waals surface area contributed by atoms with E-state index in [9.17, 15) is 0 Å². The Hall–Kier alpha value is 0.383. The van der Waals surface area contributed by atoms with Crippen molar-refractivity contribution in [2.45, 2.75) is 0 Å². The molecule has 1 rings (SSSR count). The molecule has 0 saturated heterocycles. The third-order valence-corrected chi connectivity index (χ3v) is 0.272. The van der Waals surface area contributed by atoms with Crippen molar-refractivity contribution in [1.82, 2.24) is 0 Å². The summed E-state index contributed by atoms with van der Waals surface area (Å²) in [5, 5.41) is 0. The third kappa shape index (κ3) is 2.18. The van der Waals surface area contributed by atoms with Gasteiger partial charge in [0.15, 0.2) is 0 Å². The molecule has 0 fully saturated rings. The van der Waals surface area contributed by atoms with E-state index in [-0.39, 0.29) is 24.9 Å². The van der Waals surface area contributed by atoms with Crippen LogP contribution in [0.4, 0.5) is 0 Å². The van der Waals surface area contributed by atoms with E-state index in [4.69, 9.17) is 11.6 Å². The molecule has 0 atom stereocenters. The summed E-state index contributed by atoms with van der Waals surface area (Å²) in [6.45, 7) is 0. The van der Waals surface area contributed by atoms with Gasteiger partial charge in [0.1, 0.15) is 5.42 Å². The summed E-state index contributed by atoms with van der Waals surface area (Å²) in [6, 6.07) is 0. The maximum absolute atomic E-state index is 4.86. The fourth-order valence-corrected chi connectivity index (χ4v) is 0.0472. The molecule has 0 spiro atoms. The van der Waals surface area contributed by atoms with E-state index in [0.29, 0.717) is 0 Å². The van der Waals surface area contributed by atoms with Gasteiger partial charge < -0.3 is 9.15 Å². The molecule has 0 aromatic carbocycles. The Labute approximate surface area is 46.1 Å². The second-order valence-corrected chi connectivity index (χ2v) is 0.713. The standard InChI is InChI=1S/CClO2.Rh/c2-1-3-4-1;/q-1;. The minimum Gasteiger partial charge on any atom is -0.450 e. The van der Waals surface area contributed by atoms with Crippen molar-refractivity contribution in [3.63, 3.8) is 0 Å². The molecule has 5 heavy (non-hydrogen) atoms. The minimum atomic E-state index is 0. The quantitative estimate of drug-likeness (QED) is 0.343. The summed E-state index contributed by atoms with van der Waals surface area (Å²) in [7, 11) is 0. The summed E-state index contributed by atoms with van der Waals surface area (Å²) >= 11 is 4.86. The predicted molar refractivity (Wildman–Crippen MR) is 11.6 cm³/mol. The number of hydrogen-bond acceptors (Lipinski definition) is 2. The summed E-state index contributed by atoms with van der Waals surface area (Å²) in [6.07, 6.45) is 0. The van der Waals surface area contributed by atoms with Crippen molar-refractivity contribution in [3.8, 4) is 0 Å². The molecule has 0 N–H and O–H groups in total. The van der Waals surface area contributed by atoms with Crippen LogP contribution in [0.15, 0.2) is 9.15 Å². The van der Waals surface area contributed by atoms with Crippen LogP contribution in [0.3, 0.4) is 0 Å². The van der Waals surface area contributed by atoms with E-state index in [2.05, 4.69) is 9.15 Å². The van der Waals surface area contributed by atoms with E-state index in [1.807, 2.05) is 0 Å². The molecule has 0 saturated carbocycles. The van der Waals surface area contributed by atoms with Crippen LogP contribution in [-0.2, 0) is 19.5 Å². The molecular formula is CClO2Rh-. The summed E-state index contributed by atoms with van der Waals surface area (Å²) < 4.78 is 7.78. The first-order valence-electron chi connectivity index (χ1n) is 0.764. The van der Waals surface area contributed by atoms with Gasteiger partial charge in [-0.1, -0.05) is 0 Å². The molecular weight excluding hydrogens is 182 g/mol. The van der Waals surface area contributed by atoms with Gasteiger partial charge in [-0.05, 0) is 0 Å². The van der Waals surface area contributed by atoms with Crippen molar-refractivity contribution in [3.05, 3.63) is 5.42 Å². The Kier molecular flexibility index (Phi) is 1.86. The largest absolute Gasteiger partial charge is 0.450 e. The van der Waals surface area contributed by atoms with Gasteiger partial charge in [0.2, 0.25) is 0 Å². The number of hydrogen-bond donors (Lipinski definition) is 0. The summed E-state index contributed by atoms with van der Waals surface area (Å²) in [5.74, 6) is 0. The summed E-state index contributed by atoms with van der Waals surface area (Å²) in [5.41, 5.74) is 0.139. The summed E-state index contributed by atoms with van der Waals surface area (Å²) in [4.78, 5) is 0. The average Bonchev–Trinajstić information content (AvgIpc) is 1.75. The zero-order valence-electron chi connectivity index (χ0n) is 2.03. The van der Waals surface area contributed by atoms with Crippen molar-refractivity contribution in [2.24, 2.45) is 0 Å². The van der Waals surface area contributed by atoms with Gasteiger partial charge in [0.05, 0.1) is 0 Å². The van der Waals surface area contributed by atoms with Gasteiger partial charge in [-0.25, -0.2) is 11.6 Å². The minimum absolute atomic E-state index is 0. The normalized spacial score (nSPS) is 7.40. The van der Waals surface area contributed by atoms with E-state index in [0.717, 1.165) is 0 Å². The first-order chi connectivity index (χ1) is 1.89. The number of halogens is 1. The molecule has 0 bridgehead atoms. The van der Waals surface area contributed by atoms with Crippen LogP contribution in [0.2, 0.25) is 5.42 Å². The van der Waals surface area contributed by atoms with Gasteiger partial charge in [0, 0.05) is 19.5 Å². The fourth-order valence-electron chi connectivity index (χ4n) is 0.0157. The molecule has 0 unspecified atom stereocenters. The predicted octanol–water partition coefficient (Wildman–Crippen LogP) is 1.24. The SMILES string of the molecule is Cl[c-]1oo1.[Rh]. The Morgan fingerprint density at radius 1 is 1.40 bits per heavy atom. The molecule has 4 heteroatoms. The van der Waals surface area contributed by atoms with E-state index in [1.54, 1.807) is 0 Å². The molecule has 1 aromatic rings. The second-order valence-electron chi connectivity index (χ2n) is 0.404. The first kappa shape index (κ1) is 5.38. The fraction of sp³-hybridized carbons (Fsp3) is 0. The Morgan fingerprint density at radius 2 is 1.60 bits per heavy atom. The molecule has 33 valence electrons. The third-order valence-electron chi connectivity index (χ3n) is 0.146. The Morgan fingerprint density at radius 3 is 1.60 bits per heavy atom.